The predicted molar refractivity (Wildman–Crippen MR) is 104 cm³/mol. The molecule has 2 atom stereocenters. The van der Waals surface area contributed by atoms with Crippen LogP contribution in [0.15, 0.2) is 0 Å². The minimum atomic E-state index is -1.43. The zero-order valence-electron chi connectivity index (χ0n) is 16.1. The number of aliphatic carboxylic acids is 2. The van der Waals surface area contributed by atoms with Gasteiger partial charge in [0.05, 0.1) is 6.54 Å². The number of thiol groups is 1. The smallest absolute Gasteiger partial charge is 0.341 e. The molecule has 0 unspecified atom stereocenters. The molecule has 166 valence electrons. The van der Waals surface area contributed by atoms with Crippen molar-refractivity contribution in [2.24, 2.45) is 0 Å². The van der Waals surface area contributed by atoms with E-state index in [1.165, 1.54) is 0 Å². The van der Waals surface area contributed by atoms with Gasteiger partial charge in [0.2, 0.25) is 11.8 Å². The van der Waals surface area contributed by atoms with Crippen LogP contribution in [0.3, 0.4) is 0 Å². The normalized spacial score (nSPS) is 12.4. The molecule has 12 nitrogen and oxygen atoms in total. The van der Waals surface area contributed by atoms with Crippen molar-refractivity contribution in [3.05, 3.63) is 0 Å². The van der Waals surface area contributed by atoms with Gasteiger partial charge in [-0.2, -0.15) is 12.6 Å². The summed E-state index contributed by atoms with van der Waals surface area (Å²) in [4.78, 5) is 57.3. The quantitative estimate of drug-likeness (QED) is 0.0816. The Balaban J connectivity index is 4.57. The topological polar surface area (TPSA) is 185 Å². The summed E-state index contributed by atoms with van der Waals surface area (Å²) in [7, 11) is 0. The maximum atomic E-state index is 12.0. The molecule has 0 saturated heterocycles. The molecule has 13 heteroatoms. The number of rotatable bonds is 14. The molecule has 0 rings (SSSR count). The highest BCUT2D eigenvalue weighted by molar-refractivity contribution is 7.80. The minimum absolute atomic E-state index is 0.0432. The second-order valence-electron chi connectivity index (χ2n) is 6.12. The lowest BCUT2D eigenvalue weighted by molar-refractivity contribution is -0.140. The number of urea groups is 1. The van der Waals surface area contributed by atoms with Crippen molar-refractivity contribution in [2.75, 3.05) is 18.8 Å². The summed E-state index contributed by atoms with van der Waals surface area (Å²) in [5.41, 5.74) is 0. The number of amides is 4. The zero-order chi connectivity index (χ0) is 22.4. The molecule has 6 N–H and O–H groups in total. The Labute approximate surface area is 173 Å². The average molecular weight is 436 g/mol. The molecule has 0 saturated carbocycles. The first-order valence-electron chi connectivity index (χ1n) is 9.01. The highest BCUT2D eigenvalue weighted by Gasteiger charge is 2.25. The molecule has 0 radical (unpaired) electrons. The van der Waals surface area contributed by atoms with E-state index in [2.05, 4.69) is 28.6 Å². The van der Waals surface area contributed by atoms with Gasteiger partial charge in [-0.3, -0.25) is 19.6 Å². The number of carboxylic acid groups (broad SMARTS) is 2. The van der Waals surface area contributed by atoms with Crippen LogP contribution >= 0.6 is 12.6 Å². The van der Waals surface area contributed by atoms with E-state index in [-0.39, 0.29) is 25.1 Å². The second kappa shape index (κ2) is 14.5. The van der Waals surface area contributed by atoms with Crippen LogP contribution in [0, 0.1) is 0 Å². The maximum Gasteiger partial charge on any atom is 0.341 e. The van der Waals surface area contributed by atoms with E-state index in [1.807, 2.05) is 6.92 Å². The molecule has 0 fully saturated rings. The summed E-state index contributed by atoms with van der Waals surface area (Å²) in [6, 6.07) is -3.52. The Bertz CT molecular complexity index is 589. The number of hydrogen-bond donors (Lipinski definition) is 7. The van der Waals surface area contributed by atoms with Crippen molar-refractivity contribution < 1.29 is 39.4 Å². The first kappa shape index (κ1) is 26.5. The van der Waals surface area contributed by atoms with Crippen LogP contribution in [0.25, 0.3) is 0 Å². The summed E-state index contributed by atoms with van der Waals surface area (Å²) in [6.07, 6.45) is 1.60. The fourth-order valence-corrected chi connectivity index (χ4v) is 2.37. The summed E-state index contributed by atoms with van der Waals surface area (Å²) in [5, 5.41) is 34.2. The van der Waals surface area contributed by atoms with E-state index in [9.17, 15) is 34.3 Å². The standard InChI is InChI=1S/C16H28N4O8S/c1-2-3-4-7-20(28)16(27)19-10(15(25)26)5-6-12(21)18-11(9-29)14(24)17-8-13(22)23/h10-11,28-29H,2-9H2,1H3,(H,17,24)(H,18,21)(H,19,27)(H,22,23)(H,25,26)/t10-,11-/m0/s1. The molecule has 0 aliphatic carbocycles. The average Bonchev–Trinajstić information content (AvgIpc) is 2.66. The lowest BCUT2D eigenvalue weighted by Crippen LogP contribution is -2.50. The van der Waals surface area contributed by atoms with Crippen LogP contribution < -0.4 is 16.0 Å². The van der Waals surface area contributed by atoms with E-state index in [0.29, 0.717) is 11.5 Å². The fourth-order valence-electron chi connectivity index (χ4n) is 2.12. The Morgan fingerprint density at radius 1 is 1.03 bits per heavy atom. The molecular formula is C16H28N4O8S. The third-order valence-electron chi connectivity index (χ3n) is 3.71. The monoisotopic (exact) mass is 436 g/mol. The zero-order valence-corrected chi connectivity index (χ0v) is 17.0. The Kier molecular flexibility index (Phi) is 13.2. The fraction of sp³-hybridized carbons (Fsp3) is 0.688. The maximum absolute atomic E-state index is 12.0. The van der Waals surface area contributed by atoms with Gasteiger partial charge in [-0.05, 0) is 12.8 Å². The lowest BCUT2D eigenvalue weighted by Gasteiger charge is -2.20. The molecule has 0 spiro atoms. The number of carboxylic acids is 2. The minimum Gasteiger partial charge on any atom is -0.480 e. The summed E-state index contributed by atoms with van der Waals surface area (Å²) >= 11 is 3.91. The second-order valence-corrected chi connectivity index (χ2v) is 6.49. The molecule has 0 aromatic rings. The molecule has 0 aromatic heterocycles. The number of hydrogen-bond acceptors (Lipinski definition) is 7. The predicted octanol–water partition coefficient (Wildman–Crippen LogP) is -0.574. The van der Waals surface area contributed by atoms with Crippen molar-refractivity contribution in [2.45, 2.75) is 51.1 Å². The number of hydroxylamine groups is 2. The van der Waals surface area contributed by atoms with E-state index >= 15 is 0 Å². The molecule has 0 aliphatic rings. The molecule has 0 heterocycles. The van der Waals surface area contributed by atoms with Crippen LogP contribution in [0.2, 0.25) is 0 Å². The largest absolute Gasteiger partial charge is 0.480 e. The van der Waals surface area contributed by atoms with Crippen LogP contribution in [-0.4, -0.2) is 81.2 Å². The molecule has 0 bridgehead atoms. The van der Waals surface area contributed by atoms with Crippen molar-refractivity contribution in [3.8, 4) is 0 Å². The van der Waals surface area contributed by atoms with Crippen LogP contribution in [0.1, 0.15) is 39.0 Å². The number of nitrogens with one attached hydrogen (secondary N) is 3. The van der Waals surface area contributed by atoms with Crippen molar-refractivity contribution in [1.82, 2.24) is 21.0 Å². The van der Waals surface area contributed by atoms with Crippen LogP contribution in [0.4, 0.5) is 4.79 Å². The Hall–Kier alpha value is -2.54. The molecule has 29 heavy (non-hydrogen) atoms. The van der Waals surface area contributed by atoms with Crippen molar-refractivity contribution in [1.29, 1.82) is 0 Å². The van der Waals surface area contributed by atoms with E-state index in [4.69, 9.17) is 5.11 Å². The molecule has 4 amide bonds. The number of nitrogens with zero attached hydrogens (tertiary/aromatic N) is 1. The van der Waals surface area contributed by atoms with Gasteiger partial charge in [-0.25, -0.2) is 14.7 Å². The van der Waals surface area contributed by atoms with E-state index in [0.717, 1.165) is 12.8 Å². The number of carbonyl (C=O) groups is 5. The summed E-state index contributed by atoms with van der Waals surface area (Å²) in [6.45, 7) is 1.37. The number of carbonyl (C=O) groups excluding carboxylic acids is 3. The van der Waals surface area contributed by atoms with Gasteiger partial charge in [0, 0.05) is 12.2 Å². The molecule has 0 aromatic carbocycles. The van der Waals surface area contributed by atoms with Crippen LogP contribution in [0.5, 0.6) is 0 Å². The first-order valence-corrected chi connectivity index (χ1v) is 9.65. The highest BCUT2D eigenvalue weighted by Crippen LogP contribution is 2.02. The lowest BCUT2D eigenvalue weighted by atomic mass is 10.1. The Morgan fingerprint density at radius 3 is 2.21 bits per heavy atom. The SMILES string of the molecule is CCCCCN(O)C(=O)N[C@@H](CCC(=O)N[C@@H](CS)C(=O)NCC(=O)O)C(=O)O. The third kappa shape index (κ3) is 11.8. The van der Waals surface area contributed by atoms with Gasteiger partial charge in [-0.15, -0.1) is 0 Å². The van der Waals surface area contributed by atoms with Gasteiger partial charge in [0.25, 0.3) is 0 Å². The van der Waals surface area contributed by atoms with Gasteiger partial charge in [-0.1, -0.05) is 19.8 Å². The van der Waals surface area contributed by atoms with E-state index < -0.39 is 48.4 Å². The molecule has 0 aliphatic heterocycles. The Morgan fingerprint density at radius 2 is 1.69 bits per heavy atom. The van der Waals surface area contributed by atoms with Crippen molar-refractivity contribution in [3.63, 3.8) is 0 Å². The van der Waals surface area contributed by atoms with Gasteiger partial charge in [0.15, 0.2) is 0 Å². The highest BCUT2D eigenvalue weighted by atomic mass is 32.1. The first-order chi connectivity index (χ1) is 13.6. The summed E-state index contributed by atoms with van der Waals surface area (Å²) in [5.74, 6) is -4.18. The van der Waals surface area contributed by atoms with Crippen molar-refractivity contribution >= 4 is 42.4 Å². The third-order valence-corrected chi connectivity index (χ3v) is 4.08. The van der Waals surface area contributed by atoms with Gasteiger partial charge < -0.3 is 26.2 Å². The van der Waals surface area contributed by atoms with Gasteiger partial charge >= 0.3 is 18.0 Å². The van der Waals surface area contributed by atoms with Crippen LogP contribution in [-0.2, 0) is 19.2 Å². The summed E-state index contributed by atoms with van der Waals surface area (Å²) < 4.78 is 0. The number of unbranched alkanes of at least 4 members (excludes halogenated alkanes) is 2. The van der Waals surface area contributed by atoms with Gasteiger partial charge in [0.1, 0.15) is 18.6 Å². The van der Waals surface area contributed by atoms with E-state index in [1.54, 1.807) is 0 Å². The molecular weight excluding hydrogens is 408 g/mol.